The summed E-state index contributed by atoms with van der Waals surface area (Å²) < 4.78 is 9.65. The zero-order chi connectivity index (χ0) is 11.8. The zero-order valence-electron chi connectivity index (χ0n) is 9.27. The van der Waals surface area contributed by atoms with E-state index in [0.29, 0.717) is 0 Å². The Morgan fingerprint density at radius 3 is 2.50 bits per heavy atom. The van der Waals surface area contributed by atoms with Gasteiger partial charge in [0.1, 0.15) is 0 Å². The summed E-state index contributed by atoms with van der Waals surface area (Å²) >= 11 is 0. The average molecular weight is 228 g/mol. The second-order valence-corrected chi connectivity index (χ2v) is 4.89. The third kappa shape index (κ3) is 1.91. The van der Waals surface area contributed by atoms with E-state index in [1.54, 1.807) is 0 Å². The molecule has 1 N–H and O–H groups in total. The molecule has 1 aliphatic heterocycles. The van der Waals surface area contributed by atoms with Gasteiger partial charge in [0.25, 0.3) is 0 Å². The highest BCUT2D eigenvalue weighted by Gasteiger charge is 2.53. The van der Waals surface area contributed by atoms with Gasteiger partial charge in [-0.05, 0) is 18.8 Å². The summed E-state index contributed by atoms with van der Waals surface area (Å²) in [6, 6.07) is 0. The Hall–Kier alpha value is -1.10. The van der Waals surface area contributed by atoms with Crippen LogP contribution in [0.15, 0.2) is 0 Å². The third-order valence-corrected chi connectivity index (χ3v) is 3.71. The van der Waals surface area contributed by atoms with E-state index in [2.05, 4.69) is 4.74 Å². The fourth-order valence-electron chi connectivity index (χ4n) is 2.68. The first-order valence-corrected chi connectivity index (χ1v) is 5.44. The van der Waals surface area contributed by atoms with Crippen LogP contribution in [-0.2, 0) is 19.1 Å². The van der Waals surface area contributed by atoms with E-state index in [0.717, 1.165) is 26.1 Å². The SMILES string of the molecule is COC(=O)C[C@H](C(=O)O)C1CC2(COC2)C1. The zero-order valence-corrected chi connectivity index (χ0v) is 9.27. The fourth-order valence-corrected chi connectivity index (χ4v) is 2.68. The number of carbonyl (C=O) groups is 2. The van der Waals surface area contributed by atoms with E-state index >= 15 is 0 Å². The summed E-state index contributed by atoms with van der Waals surface area (Å²) in [4.78, 5) is 22.2. The van der Waals surface area contributed by atoms with Crippen LogP contribution in [0.4, 0.5) is 0 Å². The van der Waals surface area contributed by atoms with Crippen molar-refractivity contribution in [3.63, 3.8) is 0 Å². The van der Waals surface area contributed by atoms with E-state index in [1.165, 1.54) is 7.11 Å². The Kier molecular flexibility index (Phi) is 2.88. The highest BCUT2D eigenvalue weighted by molar-refractivity contribution is 5.79. The molecule has 0 aromatic carbocycles. The highest BCUT2D eigenvalue weighted by atomic mass is 16.5. The van der Waals surface area contributed by atoms with E-state index in [1.807, 2.05) is 0 Å². The van der Waals surface area contributed by atoms with Crippen molar-refractivity contribution in [1.82, 2.24) is 0 Å². The Bertz CT molecular complexity index is 299. The molecule has 0 aromatic heterocycles. The van der Waals surface area contributed by atoms with Crippen LogP contribution in [0.2, 0.25) is 0 Å². The van der Waals surface area contributed by atoms with Crippen LogP contribution in [-0.4, -0.2) is 37.4 Å². The molecular weight excluding hydrogens is 212 g/mol. The first kappa shape index (κ1) is 11.4. The largest absolute Gasteiger partial charge is 0.481 e. The smallest absolute Gasteiger partial charge is 0.307 e. The predicted molar refractivity (Wildman–Crippen MR) is 53.7 cm³/mol. The number of ether oxygens (including phenoxy) is 2. The number of rotatable bonds is 4. The van der Waals surface area contributed by atoms with Gasteiger partial charge in [-0.15, -0.1) is 0 Å². The maximum absolute atomic E-state index is 11.1. The molecule has 0 radical (unpaired) electrons. The average Bonchev–Trinajstić information content (AvgIpc) is 2.11. The van der Waals surface area contributed by atoms with Crippen LogP contribution in [0.5, 0.6) is 0 Å². The standard InChI is InChI=1S/C11H16O5/c1-15-9(12)2-8(10(13)14)7-3-11(4-7)5-16-6-11/h7-8H,2-6H2,1H3,(H,13,14)/t8-/m0/s1. The van der Waals surface area contributed by atoms with Crippen molar-refractivity contribution in [1.29, 1.82) is 0 Å². The second-order valence-electron chi connectivity index (χ2n) is 4.89. The minimum Gasteiger partial charge on any atom is -0.481 e. The minimum atomic E-state index is -0.898. The van der Waals surface area contributed by atoms with Crippen molar-refractivity contribution in [2.75, 3.05) is 20.3 Å². The van der Waals surface area contributed by atoms with Gasteiger partial charge in [0.05, 0.1) is 32.7 Å². The van der Waals surface area contributed by atoms with Crippen LogP contribution < -0.4 is 0 Å². The lowest BCUT2D eigenvalue weighted by Gasteiger charge is -2.54. The minimum absolute atomic E-state index is 0.0204. The van der Waals surface area contributed by atoms with Crippen LogP contribution in [0.3, 0.4) is 0 Å². The summed E-state index contributed by atoms with van der Waals surface area (Å²) in [7, 11) is 1.28. The highest BCUT2D eigenvalue weighted by Crippen LogP contribution is 2.53. The van der Waals surface area contributed by atoms with Crippen molar-refractivity contribution in [3.05, 3.63) is 0 Å². The van der Waals surface area contributed by atoms with Gasteiger partial charge < -0.3 is 14.6 Å². The molecular formula is C11H16O5. The van der Waals surface area contributed by atoms with Gasteiger partial charge in [-0.3, -0.25) is 9.59 Å². The molecule has 5 heteroatoms. The van der Waals surface area contributed by atoms with Crippen LogP contribution in [0, 0.1) is 17.3 Å². The lowest BCUT2D eigenvalue weighted by molar-refractivity contribution is -0.194. The fraction of sp³-hybridized carbons (Fsp3) is 0.818. The van der Waals surface area contributed by atoms with Gasteiger partial charge in [0.2, 0.25) is 0 Å². The molecule has 1 atom stereocenters. The van der Waals surface area contributed by atoms with Crippen LogP contribution >= 0.6 is 0 Å². The predicted octanol–water partition coefficient (Wildman–Crippen LogP) is 0.677. The topological polar surface area (TPSA) is 72.8 Å². The molecule has 1 saturated carbocycles. The number of methoxy groups -OCH3 is 1. The Morgan fingerprint density at radius 2 is 2.12 bits per heavy atom. The first-order chi connectivity index (χ1) is 7.56. The second kappa shape index (κ2) is 4.05. The number of carboxylic acids is 1. The molecule has 2 aliphatic rings. The molecule has 2 rings (SSSR count). The van der Waals surface area contributed by atoms with Gasteiger partial charge in [0, 0.05) is 5.41 Å². The molecule has 90 valence electrons. The Labute approximate surface area is 93.7 Å². The molecule has 16 heavy (non-hydrogen) atoms. The summed E-state index contributed by atoms with van der Waals surface area (Å²) in [5, 5.41) is 9.07. The van der Waals surface area contributed by atoms with E-state index in [-0.39, 0.29) is 17.8 Å². The number of esters is 1. The van der Waals surface area contributed by atoms with Gasteiger partial charge in [-0.2, -0.15) is 0 Å². The maximum Gasteiger partial charge on any atom is 0.307 e. The van der Waals surface area contributed by atoms with E-state index < -0.39 is 17.9 Å². The van der Waals surface area contributed by atoms with E-state index in [4.69, 9.17) is 9.84 Å². The van der Waals surface area contributed by atoms with Crippen molar-refractivity contribution in [2.45, 2.75) is 19.3 Å². The lowest BCUT2D eigenvalue weighted by Crippen LogP contribution is -2.54. The molecule has 5 nitrogen and oxygen atoms in total. The summed E-state index contributed by atoms with van der Waals surface area (Å²) in [6.07, 6.45) is 1.70. The van der Waals surface area contributed by atoms with Gasteiger partial charge in [-0.25, -0.2) is 0 Å². The molecule has 0 amide bonds. The molecule has 0 unspecified atom stereocenters. The van der Waals surface area contributed by atoms with Crippen molar-refractivity contribution >= 4 is 11.9 Å². The molecule has 2 fully saturated rings. The summed E-state index contributed by atoms with van der Waals surface area (Å²) in [6.45, 7) is 1.49. The molecule has 0 aromatic rings. The first-order valence-electron chi connectivity index (χ1n) is 5.44. The third-order valence-electron chi connectivity index (χ3n) is 3.71. The quantitative estimate of drug-likeness (QED) is 0.716. The normalized spacial score (nSPS) is 24.3. The number of carboxylic acid groups (broad SMARTS) is 1. The van der Waals surface area contributed by atoms with Gasteiger partial charge in [-0.1, -0.05) is 0 Å². The lowest BCUT2D eigenvalue weighted by atomic mass is 9.56. The van der Waals surface area contributed by atoms with Crippen molar-refractivity contribution < 1.29 is 24.2 Å². The number of hydrogen-bond acceptors (Lipinski definition) is 4. The monoisotopic (exact) mass is 228 g/mol. The molecule has 0 bridgehead atoms. The van der Waals surface area contributed by atoms with E-state index in [9.17, 15) is 9.59 Å². The number of aliphatic carboxylic acids is 1. The van der Waals surface area contributed by atoms with Crippen molar-refractivity contribution in [2.24, 2.45) is 17.3 Å². The van der Waals surface area contributed by atoms with Crippen LogP contribution in [0.25, 0.3) is 0 Å². The molecule has 1 heterocycles. The van der Waals surface area contributed by atoms with Gasteiger partial charge >= 0.3 is 11.9 Å². The maximum atomic E-state index is 11.1. The number of carbonyl (C=O) groups excluding carboxylic acids is 1. The van der Waals surface area contributed by atoms with Gasteiger partial charge in [0.15, 0.2) is 0 Å². The molecule has 1 aliphatic carbocycles. The Morgan fingerprint density at radius 1 is 1.50 bits per heavy atom. The van der Waals surface area contributed by atoms with Crippen LogP contribution in [0.1, 0.15) is 19.3 Å². The Balaban J connectivity index is 1.88. The molecule has 1 saturated heterocycles. The molecule has 1 spiro atoms. The number of hydrogen-bond donors (Lipinski definition) is 1. The summed E-state index contributed by atoms with van der Waals surface area (Å²) in [5.74, 6) is -1.84. The summed E-state index contributed by atoms with van der Waals surface area (Å²) in [5.41, 5.74) is 0.231. The van der Waals surface area contributed by atoms with Crippen molar-refractivity contribution in [3.8, 4) is 0 Å².